The number of nitrogens with two attached hydrogens (primary N) is 2. The van der Waals surface area contributed by atoms with E-state index in [1.54, 1.807) is 0 Å². The Morgan fingerprint density at radius 3 is 2.42 bits per heavy atom. The standard InChI is InChI=1S/C14H29N3O2/c1-2-3-4-5-6-10-14(19)17(16)13(12-18)9-7-8-11-15/h12-13H,2-11,15-16H2,1H3. The number of amides is 1. The monoisotopic (exact) mass is 271 g/mol. The summed E-state index contributed by atoms with van der Waals surface area (Å²) in [4.78, 5) is 22.8. The summed E-state index contributed by atoms with van der Waals surface area (Å²) in [6.45, 7) is 2.75. The van der Waals surface area contributed by atoms with Gasteiger partial charge >= 0.3 is 0 Å². The van der Waals surface area contributed by atoms with Crippen LogP contribution >= 0.6 is 0 Å². The number of aldehydes is 1. The van der Waals surface area contributed by atoms with Gasteiger partial charge in [0, 0.05) is 6.42 Å². The zero-order valence-corrected chi connectivity index (χ0v) is 12.1. The molecule has 0 saturated heterocycles. The highest BCUT2D eigenvalue weighted by Crippen LogP contribution is 2.09. The Labute approximate surface area is 116 Å². The van der Waals surface area contributed by atoms with Gasteiger partial charge in [0.25, 0.3) is 0 Å². The van der Waals surface area contributed by atoms with Gasteiger partial charge < -0.3 is 10.5 Å². The SMILES string of the molecule is CCCCCCCC(=O)N(N)C(C=O)CCCCN. The van der Waals surface area contributed by atoms with Crippen LogP contribution < -0.4 is 11.6 Å². The van der Waals surface area contributed by atoms with Crippen molar-refractivity contribution in [2.45, 2.75) is 70.8 Å². The van der Waals surface area contributed by atoms with E-state index in [0.29, 0.717) is 19.4 Å². The van der Waals surface area contributed by atoms with Crippen molar-refractivity contribution < 1.29 is 9.59 Å². The number of unbranched alkanes of at least 4 members (excludes halogenated alkanes) is 5. The Kier molecular flexibility index (Phi) is 11.5. The Balaban J connectivity index is 3.89. The molecule has 112 valence electrons. The van der Waals surface area contributed by atoms with Crippen molar-refractivity contribution in [3.63, 3.8) is 0 Å². The van der Waals surface area contributed by atoms with E-state index in [1.165, 1.54) is 12.8 Å². The van der Waals surface area contributed by atoms with E-state index in [2.05, 4.69) is 6.92 Å². The second-order valence-corrected chi connectivity index (χ2v) is 4.95. The zero-order valence-electron chi connectivity index (χ0n) is 12.1. The molecule has 5 nitrogen and oxygen atoms in total. The van der Waals surface area contributed by atoms with E-state index < -0.39 is 6.04 Å². The maximum Gasteiger partial charge on any atom is 0.237 e. The van der Waals surface area contributed by atoms with Crippen LogP contribution in [0.3, 0.4) is 0 Å². The Bertz CT molecular complexity index is 247. The summed E-state index contributed by atoms with van der Waals surface area (Å²) >= 11 is 0. The molecule has 0 aromatic rings. The molecular weight excluding hydrogens is 242 g/mol. The van der Waals surface area contributed by atoms with Crippen LogP contribution in [0.15, 0.2) is 0 Å². The third-order valence-electron chi connectivity index (χ3n) is 3.25. The topological polar surface area (TPSA) is 89.4 Å². The fraction of sp³-hybridized carbons (Fsp3) is 0.857. The Morgan fingerprint density at radius 1 is 1.16 bits per heavy atom. The summed E-state index contributed by atoms with van der Waals surface area (Å²) in [5.74, 6) is 5.58. The van der Waals surface area contributed by atoms with E-state index in [9.17, 15) is 9.59 Å². The third-order valence-corrected chi connectivity index (χ3v) is 3.25. The normalized spacial score (nSPS) is 12.2. The van der Waals surface area contributed by atoms with Crippen molar-refractivity contribution >= 4 is 12.2 Å². The molecule has 4 N–H and O–H groups in total. The first-order valence-electron chi connectivity index (χ1n) is 7.39. The van der Waals surface area contributed by atoms with Gasteiger partial charge in [-0.3, -0.25) is 9.80 Å². The lowest BCUT2D eigenvalue weighted by Crippen LogP contribution is -2.46. The summed E-state index contributed by atoms with van der Waals surface area (Å²) < 4.78 is 0. The summed E-state index contributed by atoms with van der Waals surface area (Å²) in [6.07, 6.45) is 8.89. The number of hydrazine groups is 1. The minimum absolute atomic E-state index is 0.138. The molecule has 0 bridgehead atoms. The molecule has 0 aliphatic carbocycles. The molecule has 0 aromatic carbocycles. The number of rotatable bonds is 12. The number of nitrogens with zero attached hydrogens (tertiary/aromatic N) is 1. The van der Waals surface area contributed by atoms with Crippen LogP contribution in [0, 0.1) is 0 Å². The fourth-order valence-corrected chi connectivity index (χ4v) is 1.96. The average molecular weight is 271 g/mol. The van der Waals surface area contributed by atoms with Gasteiger partial charge in [0.1, 0.15) is 12.3 Å². The number of carbonyl (C=O) groups excluding carboxylic acids is 2. The molecule has 0 fully saturated rings. The minimum Gasteiger partial charge on any atom is -0.330 e. The van der Waals surface area contributed by atoms with Crippen LogP contribution in [-0.2, 0) is 9.59 Å². The molecule has 0 aliphatic rings. The lowest BCUT2D eigenvalue weighted by molar-refractivity contribution is -0.137. The first-order valence-corrected chi connectivity index (χ1v) is 7.39. The largest absolute Gasteiger partial charge is 0.330 e. The molecule has 1 unspecified atom stereocenters. The van der Waals surface area contributed by atoms with Gasteiger partial charge in [-0.05, 0) is 32.2 Å². The summed E-state index contributed by atoms with van der Waals surface area (Å²) in [5, 5.41) is 1.10. The first kappa shape index (κ1) is 18.1. The number of hydrogen-bond acceptors (Lipinski definition) is 4. The molecule has 0 rings (SSSR count). The van der Waals surface area contributed by atoms with Gasteiger partial charge in [-0.2, -0.15) is 0 Å². The summed E-state index contributed by atoms with van der Waals surface area (Å²) in [5.41, 5.74) is 5.40. The maximum atomic E-state index is 11.8. The smallest absolute Gasteiger partial charge is 0.237 e. The molecule has 19 heavy (non-hydrogen) atoms. The molecule has 0 radical (unpaired) electrons. The van der Waals surface area contributed by atoms with Crippen molar-refractivity contribution in [1.82, 2.24) is 5.01 Å². The summed E-state index contributed by atoms with van der Waals surface area (Å²) in [7, 11) is 0. The third kappa shape index (κ3) is 8.72. The van der Waals surface area contributed by atoms with Crippen molar-refractivity contribution in [3.8, 4) is 0 Å². The van der Waals surface area contributed by atoms with E-state index in [0.717, 1.165) is 43.4 Å². The number of hydrogen-bond donors (Lipinski definition) is 2. The highest BCUT2D eigenvalue weighted by molar-refractivity contribution is 5.79. The van der Waals surface area contributed by atoms with Crippen molar-refractivity contribution in [2.75, 3.05) is 6.54 Å². The molecule has 1 amide bonds. The lowest BCUT2D eigenvalue weighted by Gasteiger charge is -2.23. The maximum absolute atomic E-state index is 11.8. The second-order valence-electron chi connectivity index (χ2n) is 4.95. The van der Waals surface area contributed by atoms with Crippen LogP contribution in [-0.4, -0.2) is 29.8 Å². The van der Waals surface area contributed by atoms with Gasteiger partial charge in [-0.25, -0.2) is 5.84 Å². The quantitative estimate of drug-likeness (QED) is 0.186. The molecule has 5 heteroatoms. The van der Waals surface area contributed by atoms with Gasteiger partial charge in [0.05, 0.1) is 0 Å². The second kappa shape index (κ2) is 12.1. The highest BCUT2D eigenvalue weighted by atomic mass is 16.2. The molecule has 0 aromatic heterocycles. The predicted octanol–water partition coefficient (Wildman–Crippen LogP) is 1.75. The van der Waals surface area contributed by atoms with E-state index in [4.69, 9.17) is 11.6 Å². The molecule has 1 atom stereocenters. The van der Waals surface area contributed by atoms with Crippen LogP contribution in [0.2, 0.25) is 0 Å². The van der Waals surface area contributed by atoms with Crippen LogP contribution in [0.1, 0.15) is 64.7 Å². The molecule has 0 aliphatic heterocycles. The van der Waals surface area contributed by atoms with E-state index in [1.807, 2.05) is 0 Å². The number of carbonyl (C=O) groups is 2. The van der Waals surface area contributed by atoms with Crippen LogP contribution in [0.5, 0.6) is 0 Å². The van der Waals surface area contributed by atoms with E-state index in [-0.39, 0.29) is 5.91 Å². The average Bonchev–Trinajstić information content (AvgIpc) is 2.42. The highest BCUT2D eigenvalue weighted by Gasteiger charge is 2.19. The fourth-order valence-electron chi connectivity index (χ4n) is 1.96. The zero-order chi connectivity index (χ0) is 14.5. The molecule has 0 spiro atoms. The van der Waals surface area contributed by atoms with Gasteiger partial charge in [0.2, 0.25) is 5.91 Å². The van der Waals surface area contributed by atoms with Gasteiger partial charge in [0.15, 0.2) is 0 Å². The van der Waals surface area contributed by atoms with Crippen LogP contribution in [0.25, 0.3) is 0 Å². The molecular formula is C14H29N3O2. The van der Waals surface area contributed by atoms with E-state index >= 15 is 0 Å². The van der Waals surface area contributed by atoms with Crippen molar-refractivity contribution in [2.24, 2.45) is 11.6 Å². The molecule has 0 heterocycles. The van der Waals surface area contributed by atoms with Crippen LogP contribution in [0.4, 0.5) is 0 Å². The Hall–Kier alpha value is -0.940. The lowest BCUT2D eigenvalue weighted by atomic mass is 10.1. The molecule has 0 saturated carbocycles. The predicted molar refractivity (Wildman–Crippen MR) is 77.2 cm³/mol. The van der Waals surface area contributed by atoms with Gasteiger partial charge in [-0.15, -0.1) is 0 Å². The first-order chi connectivity index (χ1) is 9.17. The van der Waals surface area contributed by atoms with Crippen molar-refractivity contribution in [1.29, 1.82) is 0 Å². The Morgan fingerprint density at radius 2 is 1.84 bits per heavy atom. The minimum atomic E-state index is -0.505. The van der Waals surface area contributed by atoms with Gasteiger partial charge in [-0.1, -0.05) is 32.6 Å². The summed E-state index contributed by atoms with van der Waals surface area (Å²) in [6, 6.07) is -0.505. The van der Waals surface area contributed by atoms with Crippen molar-refractivity contribution in [3.05, 3.63) is 0 Å².